The van der Waals surface area contributed by atoms with Crippen molar-refractivity contribution in [2.24, 2.45) is 5.92 Å². The highest BCUT2D eigenvalue weighted by Gasteiger charge is 2.30. The van der Waals surface area contributed by atoms with Crippen LogP contribution in [0.3, 0.4) is 0 Å². The molecule has 2 rings (SSSR count). The number of hydrogen-bond donors (Lipinski definition) is 1. The lowest BCUT2D eigenvalue weighted by Crippen LogP contribution is -2.54. The van der Waals surface area contributed by atoms with Crippen LogP contribution in [0.1, 0.15) is 78.9 Å². The van der Waals surface area contributed by atoms with Crippen LogP contribution in [-0.2, 0) is 16.6 Å². The Morgan fingerprint density at radius 2 is 2.04 bits per heavy atom. The fourth-order valence-corrected chi connectivity index (χ4v) is 3.32. The Bertz CT molecular complexity index is 589. The van der Waals surface area contributed by atoms with E-state index in [1.54, 1.807) is 0 Å². The number of aromatic nitrogens is 2. The molecule has 0 radical (unpaired) electrons. The van der Waals surface area contributed by atoms with Gasteiger partial charge in [-0.05, 0) is 45.6 Å². The maximum atomic E-state index is 12.2. The molecule has 6 nitrogen and oxygen atoms in total. The van der Waals surface area contributed by atoms with Gasteiger partial charge in [0.2, 0.25) is 11.8 Å². The van der Waals surface area contributed by atoms with Crippen molar-refractivity contribution in [3.63, 3.8) is 0 Å². The summed E-state index contributed by atoms with van der Waals surface area (Å²) in [6.07, 6.45) is 4.41. The fourth-order valence-electron chi connectivity index (χ4n) is 3.32. The number of nitrogens with zero attached hydrogens (tertiary/aromatic N) is 3. The molecule has 0 aliphatic carbocycles. The van der Waals surface area contributed by atoms with Gasteiger partial charge >= 0.3 is 0 Å². The minimum absolute atomic E-state index is 0.00155. The Hall–Kier alpha value is -1.43. The first-order valence-electron chi connectivity index (χ1n) is 9.93. The average molecular weight is 365 g/mol. The van der Waals surface area contributed by atoms with Gasteiger partial charge in [0, 0.05) is 36.9 Å². The molecule has 26 heavy (non-hydrogen) atoms. The number of aryl methyl sites for hydroxylation is 1. The van der Waals surface area contributed by atoms with Crippen molar-refractivity contribution in [1.29, 1.82) is 0 Å². The Morgan fingerprint density at radius 3 is 2.65 bits per heavy atom. The second-order valence-corrected chi connectivity index (χ2v) is 9.40. The summed E-state index contributed by atoms with van der Waals surface area (Å²) in [6, 6.07) is 0. The predicted octanol–water partition coefficient (Wildman–Crippen LogP) is 3.32. The molecule has 1 aliphatic heterocycles. The molecule has 1 unspecified atom stereocenters. The van der Waals surface area contributed by atoms with Gasteiger partial charge in [-0.3, -0.25) is 9.69 Å². The van der Waals surface area contributed by atoms with Crippen LogP contribution in [0.5, 0.6) is 0 Å². The lowest BCUT2D eigenvalue weighted by Gasteiger charge is -2.43. The first kappa shape index (κ1) is 20.9. The van der Waals surface area contributed by atoms with Crippen molar-refractivity contribution in [3.05, 3.63) is 11.7 Å². The SMILES string of the molecule is CC1CCCN(C(C)(C)CNC(=O)CCCc2nc(C(C)(C)C)no2)C1. The first-order valence-corrected chi connectivity index (χ1v) is 9.93. The molecule has 1 N–H and O–H groups in total. The number of likely N-dealkylation sites (tertiary alicyclic amines) is 1. The Kier molecular flexibility index (Phi) is 6.83. The van der Waals surface area contributed by atoms with Crippen LogP contribution in [-0.4, -0.2) is 46.1 Å². The molecule has 1 amide bonds. The van der Waals surface area contributed by atoms with E-state index in [9.17, 15) is 4.79 Å². The van der Waals surface area contributed by atoms with Crippen LogP contribution >= 0.6 is 0 Å². The molecule has 148 valence electrons. The number of piperidine rings is 1. The van der Waals surface area contributed by atoms with Gasteiger partial charge in [0.15, 0.2) is 5.82 Å². The predicted molar refractivity (Wildman–Crippen MR) is 103 cm³/mol. The van der Waals surface area contributed by atoms with E-state index in [-0.39, 0.29) is 16.9 Å². The smallest absolute Gasteiger partial charge is 0.226 e. The molecule has 1 atom stereocenters. The van der Waals surface area contributed by atoms with E-state index < -0.39 is 0 Å². The summed E-state index contributed by atoms with van der Waals surface area (Å²) in [5, 5.41) is 7.12. The summed E-state index contributed by atoms with van der Waals surface area (Å²) in [6.45, 7) is 15.8. The van der Waals surface area contributed by atoms with Crippen molar-refractivity contribution in [2.75, 3.05) is 19.6 Å². The van der Waals surface area contributed by atoms with Crippen LogP contribution in [0, 0.1) is 5.92 Å². The monoisotopic (exact) mass is 364 g/mol. The molecule has 1 aliphatic rings. The molecule has 0 spiro atoms. The van der Waals surface area contributed by atoms with E-state index in [4.69, 9.17) is 4.52 Å². The molecular weight excluding hydrogens is 328 g/mol. The average Bonchev–Trinajstić information content (AvgIpc) is 3.02. The number of rotatable bonds is 7. The molecule has 0 saturated carbocycles. The molecule has 6 heteroatoms. The summed E-state index contributed by atoms with van der Waals surface area (Å²) >= 11 is 0. The van der Waals surface area contributed by atoms with Crippen LogP contribution in [0.2, 0.25) is 0 Å². The molecule has 2 heterocycles. The van der Waals surface area contributed by atoms with Gasteiger partial charge in [0.05, 0.1) is 0 Å². The third-order valence-corrected chi connectivity index (χ3v) is 5.16. The first-order chi connectivity index (χ1) is 12.1. The van der Waals surface area contributed by atoms with Gasteiger partial charge in [-0.2, -0.15) is 4.98 Å². The Morgan fingerprint density at radius 1 is 1.31 bits per heavy atom. The second kappa shape index (κ2) is 8.51. The van der Waals surface area contributed by atoms with Gasteiger partial charge in [-0.15, -0.1) is 0 Å². The van der Waals surface area contributed by atoms with E-state index in [1.807, 2.05) is 0 Å². The molecule has 1 aromatic rings. The molecule has 0 bridgehead atoms. The number of hydrogen-bond acceptors (Lipinski definition) is 5. The normalized spacial score (nSPS) is 19.5. The van der Waals surface area contributed by atoms with Gasteiger partial charge < -0.3 is 9.84 Å². The molecule has 1 saturated heterocycles. The van der Waals surface area contributed by atoms with E-state index in [0.717, 1.165) is 31.3 Å². The summed E-state index contributed by atoms with van der Waals surface area (Å²) in [4.78, 5) is 19.1. The number of nitrogens with one attached hydrogen (secondary N) is 1. The maximum Gasteiger partial charge on any atom is 0.226 e. The highest BCUT2D eigenvalue weighted by Crippen LogP contribution is 2.23. The standard InChI is InChI=1S/C20H36N4O2/c1-15-9-8-12-24(13-15)20(5,6)14-21-16(25)10-7-11-17-22-18(23-26-17)19(2,3)4/h15H,7-14H2,1-6H3,(H,21,25). The van der Waals surface area contributed by atoms with Crippen molar-refractivity contribution < 1.29 is 9.32 Å². The van der Waals surface area contributed by atoms with Gasteiger partial charge in [0.1, 0.15) is 0 Å². The summed E-state index contributed by atoms with van der Waals surface area (Å²) in [5.41, 5.74) is -0.116. The fraction of sp³-hybridized carbons (Fsp3) is 0.850. The number of amides is 1. The third kappa shape index (κ3) is 6.08. The van der Waals surface area contributed by atoms with Crippen LogP contribution < -0.4 is 5.32 Å². The van der Waals surface area contributed by atoms with Crippen LogP contribution in [0.25, 0.3) is 0 Å². The molecular formula is C20H36N4O2. The van der Waals surface area contributed by atoms with Gasteiger partial charge in [0.25, 0.3) is 0 Å². The quantitative estimate of drug-likeness (QED) is 0.803. The van der Waals surface area contributed by atoms with Crippen molar-refractivity contribution in [3.8, 4) is 0 Å². The lowest BCUT2D eigenvalue weighted by molar-refractivity contribution is -0.121. The zero-order chi connectivity index (χ0) is 19.4. The van der Waals surface area contributed by atoms with E-state index in [0.29, 0.717) is 25.3 Å². The molecule has 1 fully saturated rings. The lowest BCUT2D eigenvalue weighted by atomic mass is 9.93. The second-order valence-electron chi connectivity index (χ2n) is 9.40. The topological polar surface area (TPSA) is 71.3 Å². The Labute approximate surface area is 158 Å². The minimum Gasteiger partial charge on any atom is -0.354 e. The summed E-state index contributed by atoms with van der Waals surface area (Å²) < 4.78 is 5.28. The van der Waals surface area contributed by atoms with E-state index >= 15 is 0 Å². The van der Waals surface area contributed by atoms with Crippen molar-refractivity contribution in [2.45, 2.75) is 84.6 Å². The minimum atomic E-state index is -0.114. The molecule has 0 aromatic carbocycles. The zero-order valence-corrected chi connectivity index (χ0v) is 17.4. The van der Waals surface area contributed by atoms with E-state index in [1.165, 1.54) is 12.8 Å². The number of carbonyl (C=O) groups excluding carboxylic acids is 1. The van der Waals surface area contributed by atoms with Gasteiger partial charge in [-0.1, -0.05) is 32.9 Å². The summed E-state index contributed by atoms with van der Waals surface area (Å²) in [7, 11) is 0. The Balaban J connectivity index is 1.71. The number of carbonyl (C=O) groups is 1. The highest BCUT2D eigenvalue weighted by molar-refractivity contribution is 5.75. The van der Waals surface area contributed by atoms with Crippen molar-refractivity contribution >= 4 is 5.91 Å². The van der Waals surface area contributed by atoms with Crippen LogP contribution in [0.4, 0.5) is 0 Å². The summed E-state index contributed by atoms with van der Waals surface area (Å²) in [5.74, 6) is 2.17. The van der Waals surface area contributed by atoms with Crippen molar-refractivity contribution in [1.82, 2.24) is 20.4 Å². The van der Waals surface area contributed by atoms with Gasteiger partial charge in [-0.25, -0.2) is 0 Å². The zero-order valence-electron chi connectivity index (χ0n) is 17.4. The largest absolute Gasteiger partial charge is 0.354 e. The van der Waals surface area contributed by atoms with E-state index in [2.05, 4.69) is 61.9 Å². The highest BCUT2D eigenvalue weighted by atomic mass is 16.5. The molecule has 1 aromatic heterocycles. The maximum absolute atomic E-state index is 12.2. The third-order valence-electron chi connectivity index (χ3n) is 5.16. The van der Waals surface area contributed by atoms with Crippen LogP contribution in [0.15, 0.2) is 4.52 Å².